The molecule has 2 N–H and O–H groups in total. The van der Waals surface area contributed by atoms with E-state index in [0.717, 1.165) is 54.6 Å². The fourth-order valence-corrected chi connectivity index (χ4v) is 4.82. The SMILES string of the molecule is Cc1sc2nc(CN3CCCC3)nc(NCCc3ccc(CO)cc3)c2c1C. The highest BCUT2D eigenvalue weighted by Crippen LogP contribution is 2.33. The first-order valence-corrected chi connectivity index (χ1v) is 10.9. The molecule has 2 aromatic heterocycles. The van der Waals surface area contributed by atoms with E-state index in [1.165, 1.54) is 34.2 Å². The lowest BCUT2D eigenvalue weighted by atomic mass is 10.1. The first-order chi connectivity index (χ1) is 13.6. The fraction of sp³-hybridized carbons (Fsp3) is 0.455. The number of aliphatic hydroxyl groups is 1. The molecule has 0 radical (unpaired) electrons. The molecule has 0 aliphatic carbocycles. The van der Waals surface area contributed by atoms with Crippen molar-refractivity contribution >= 4 is 27.4 Å². The van der Waals surface area contributed by atoms with Crippen molar-refractivity contribution in [3.05, 3.63) is 51.7 Å². The lowest BCUT2D eigenvalue weighted by molar-refractivity contribution is 0.282. The number of likely N-dealkylation sites (tertiary alicyclic amines) is 1. The van der Waals surface area contributed by atoms with Gasteiger partial charge in [0.1, 0.15) is 16.5 Å². The number of nitrogens with zero attached hydrogens (tertiary/aromatic N) is 3. The highest BCUT2D eigenvalue weighted by atomic mass is 32.1. The third-order valence-corrected chi connectivity index (χ3v) is 6.65. The summed E-state index contributed by atoms with van der Waals surface area (Å²) in [4.78, 5) is 14.6. The van der Waals surface area contributed by atoms with Gasteiger partial charge >= 0.3 is 0 Å². The first-order valence-electron chi connectivity index (χ1n) is 10.1. The topological polar surface area (TPSA) is 61.3 Å². The zero-order valence-electron chi connectivity index (χ0n) is 16.7. The molecule has 0 saturated carbocycles. The van der Waals surface area contributed by atoms with Crippen LogP contribution < -0.4 is 5.32 Å². The Balaban J connectivity index is 1.53. The smallest absolute Gasteiger partial charge is 0.146 e. The maximum absolute atomic E-state index is 9.18. The van der Waals surface area contributed by atoms with E-state index in [1.807, 2.05) is 12.1 Å². The third-order valence-electron chi connectivity index (χ3n) is 5.55. The monoisotopic (exact) mass is 396 g/mol. The van der Waals surface area contributed by atoms with Crippen molar-refractivity contribution in [2.45, 2.75) is 46.3 Å². The first kappa shape index (κ1) is 19.3. The van der Waals surface area contributed by atoms with Crippen molar-refractivity contribution in [2.75, 3.05) is 25.0 Å². The molecular weight excluding hydrogens is 368 g/mol. The second-order valence-corrected chi connectivity index (χ2v) is 8.79. The Morgan fingerprint density at radius 3 is 2.50 bits per heavy atom. The number of hydrogen-bond donors (Lipinski definition) is 2. The molecule has 1 aliphatic rings. The van der Waals surface area contributed by atoms with Gasteiger partial charge in [-0.15, -0.1) is 11.3 Å². The van der Waals surface area contributed by atoms with Crippen LogP contribution in [0.15, 0.2) is 24.3 Å². The van der Waals surface area contributed by atoms with Crippen LogP contribution in [0.25, 0.3) is 10.2 Å². The molecule has 0 spiro atoms. The largest absolute Gasteiger partial charge is 0.392 e. The third kappa shape index (κ3) is 4.19. The van der Waals surface area contributed by atoms with Crippen LogP contribution in [0.4, 0.5) is 5.82 Å². The van der Waals surface area contributed by atoms with E-state index < -0.39 is 0 Å². The summed E-state index contributed by atoms with van der Waals surface area (Å²) in [5.74, 6) is 1.89. The Morgan fingerprint density at radius 2 is 1.79 bits per heavy atom. The number of fused-ring (bicyclic) bond motifs is 1. The van der Waals surface area contributed by atoms with E-state index in [1.54, 1.807) is 11.3 Å². The number of anilines is 1. The van der Waals surface area contributed by atoms with Gasteiger partial charge in [0.2, 0.25) is 0 Å². The molecule has 0 unspecified atom stereocenters. The lowest BCUT2D eigenvalue weighted by Gasteiger charge is -2.15. The normalized spacial score (nSPS) is 14.8. The van der Waals surface area contributed by atoms with Crippen LogP contribution in [0.5, 0.6) is 0 Å². The summed E-state index contributed by atoms with van der Waals surface area (Å²) in [5, 5.41) is 13.9. The van der Waals surface area contributed by atoms with Gasteiger partial charge in [-0.05, 0) is 62.9 Å². The minimum atomic E-state index is 0.0913. The molecular formula is C22H28N4OS. The predicted octanol–water partition coefficient (Wildman–Crippen LogP) is 4.05. The minimum Gasteiger partial charge on any atom is -0.392 e. The summed E-state index contributed by atoms with van der Waals surface area (Å²) in [5.41, 5.74) is 3.48. The van der Waals surface area contributed by atoms with E-state index in [0.29, 0.717) is 0 Å². The molecule has 1 aromatic carbocycles. The van der Waals surface area contributed by atoms with Crippen molar-refractivity contribution in [2.24, 2.45) is 0 Å². The standard InChI is InChI=1S/C22H28N4OS/c1-15-16(2)28-22-20(15)21(24-19(25-22)13-26-11-3-4-12-26)23-10-9-17-5-7-18(14-27)8-6-17/h5-8,27H,3-4,9-14H2,1-2H3,(H,23,24,25). The molecule has 3 heterocycles. The summed E-state index contributed by atoms with van der Waals surface area (Å²) in [6, 6.07) is 8.14. The average molecular weight is 397 g/mol. The van der Waals surface area contributed by atoms with Gasteiger partial charge in [-0.25, -0.2) is 9.97 Å². The zero-order valence-corrected chi connectivity index (χ0v) is 17.5. The fourth-order valence-electron chi connectivity index (χ4n) is 3.77. The second-order valence-electron chi connectivity index (χ2n) is 7.59. The van der Waals surface area contributed by atoms with Gasteiger partial charge in [-0.2, -0.15) is 0 Å². The lowest BCUT2D eigenvalue weighted by Crippen LogP contribution is -2.20. The van der Waals surface area contributed by atoms with Gasteiger partial charge in [-0.3, -0.25) is 4.90 Å². The van der Waals surface area contributed by atoms with Gasteiger partial charge in [0.25, 0.3) is 0 Å². The number of hydrogen-bond acceptors (Lipinski definition) is 6. The predicted molar refractivity (Wildman–Crippen MR) is 116 cm³/mol. The number of thiophene rings is 1. The molecule has 0 bridgehead atoms. The number of aromatic nitrogens is 2. The summed E-state index contributed by atoms with van der Waals surface area (Å²) in [6.07, 6.45) is 3.47. The quantitative estimate of drug-likeness (QED) is 0.631. The minimum absolute atomic E-state index is 0.0913. The maximum Gasteiger partial charge on any atom is 0.146 e. The van der Waals surface area contributed by atoms with Crippen LogP contribution in [0.1, 0.15) is 40.2 Å². The number of rotatable bonds is 7. The number of benzene rings is 1. The van der Waals surface area contributed by atoms with Crippen molar-refractivity contribution in [3.8, 4) is 0 Å². The molecule has 6 heteroatoms. The van der Waals surface area contributed by atoms with Crippen molar-refractivity contribution < 1.29 is 5.11 Å². The van der Waals surface area contributed by atoms with Gasteiger partial charge in [0.05, 0.1) is 18.5 Å². The summed E-state index contributed by atoms with van der Waals surface area (Å²) >= 11 is 1.77. The number of aryl methyl sites for hydroxylation is 2. The Morgan fingerprint density at radius 1 is 1.07 bits per heavy atom. The van der Waals surface area contributed by atoms with Crippen molar-refractivity contribution in [3.63, 3.8) is 0 Å². The van der Waals surface area contributed by atoms with Crippen LogP contribution in [0, 0.1) is 13.8 Å². The van der Waals surface area contributed by atoms with Crippen LogP contribution in [-0.4, -0.2) is 39.6 Å². The molecule has 3 aromatic rings. The Bertz CT molecular complexity index is 945. The van der Waals surface area contributed by atoms with E-state index in [9.17, 15) is 5.11 Å². The molecule has 28 heavy (non-hydrogen) atoms. The van der Waals surface area contributed by atoms with E-state index >= 15 is 0 Å². The van der Waals surface area contributed by atoms with E-state index in [-0.39, 0.29) is 6.61 Å². The van der Waals surface area contributed by atoms with Crippen molar-refractivity contribution in [1.29, 1.82) is 0 Å². The molecule has 4 rings (SSSR count). The molecule has 5 nitrogen and oxygen atoms in total. The highest BCUT2D eigenvalue weighted by Gasteiger charge is 2.18. The molecule has 0 amide bonds. The molecule has 0 atom stereocenters. The van der Waals surface area contributed by atoms with E-state index in [4.69, 9.17) is 9.97 Å². The number of aliphatic hydroxyl groups excluding tert-OH is 1. The van der Waals surface area contributed by atoms with Crippen molar-refractivity contribution in [1.82, 2.24) is 14.9 Å². The maximum atomic E-state index is 9.18. The van der Waals surface area contributed by atoms with Gasteiger partial charge < -0.3 is 10.4 Å². The Kier molecular flexibility index (Phi) is 5.90. The van der Waals surface area contributed by atoms with Gasteiger partial charge in [0, 0.05) is 11.4 Å². The Hall–Kier alpha value is -2.02. The average Bonchev–Trinajstić information content (AvgIpc) is 3.30. The van der Waals surface area contributed by atoms with Crippen LogP contribution in [0.2, 0.25) is 0 Å². The summed E-state index contributed by atoms with van der Waals surface area (Å²) in [6.45, 7) is 8.37. The summed E-state index contributed by atoms with van der Waals surface area (Å²) < 4.78 is 0. The van der Waals surface area contributed by atoms with Gasteiger partial charge in [-0.1, -0.05) is 24.3 Å². The summed E-state index contributed by atoms with van der Waals surface area (Å²) in [7, 11) is 0. The molecule has 1 saturated heterocycles. The molecule has 1 aliphatic heterocycles. The molecule has 1 fully saturated rings. The van der Waals surface area contributed by atoms with Crippen LogP contribution >= 0.6 is 11.3 Å². The van der Waals surface area contributed by atoms with Gasteiger partial charge in [0.15, 0.2) is 0 Å². The van der Waals surface area contributed by atoms with Crippen LogP contribution in [-0.2, 0) is 19.6 Å². The second kappa shape index (κ2) is 8.55. The van der Waals surface area contributed by atoms with E-state index in [2.05, 4.69) is 36.2 Å². The highest BCUT2D eigenvalue weighted by molar-refractivity contribution is 7.18. The number of nitrogens with one attached hydrogen (secondary N) is 1. The van der Waals surface area contributed by atoms with Crippen LogP contribution in [0.3, 0.4) is 0 Å². The molecule has 148 valence electrons. The Labute approximate surface area is 170 Å². The zero-order chi connectivity index (χ0) is 19.5.